The molecule has 3 rings (SSSR count). The van der Waals surface area contributed by atoms with Gasteiger partial charge in [-0.25, -0.2) is 19.6 Å². The lowest BCUT2D eigenvalue weighted by Crippen LogP contribution is -2.27. The van der Waals surface area contributed by atoms with Gasteiger partial charge in [-0.15, -0.1) is 0 Å². The van der Waals surface area contributed by atoms with Gasteiger partial charge in [0.05, 0.1) is 0 Å². The van der Waals surface area contributed by atoms with Crippen molar-refractivity contribution in [1.82, 2.24) is 4.98 Å². The first-order chi connectivity index (χ1) is 10.1. The minimum atomic E-state index is -0.806. The Hall–Kier alpha value is -2.21. The molecule has 110 valence electrons. The first-order valence-electron chi connectivity index (χ1n) is 6.80. The lowest BCUT2D eigenvalue weighted by Gasteiger charge is -2.31. The molecule has 0 saturated heterocycles. The molecule has 0 aliphatic carbocycles. The van der Waals surface area contributed by atoms with E-state index in [4.69, 9.17) is 5.84 Å². The molecule has 4 nitrogen and oxygen atoms in total. The SMILES string of the molecule is Cc1ccc2c(c1)CCCN2c1nc(NN)c(F)cc1F. The van der Waals surface area contributed by atoms with E-state index in [0.717, 1.165) is 35.7 Å². The lowest BCUT2D eigenvalue weighted by molar-refractivity contribution is 0.572. The van der Waals surface area contributed by atoms with E-state index in [1.165, 1.54) is 0 Å². The second-order valence-electron chi connectivity index (χ2n) is 5.16. The second-order valence-corrected chi connectivity index (χ2v) is 5.16. The molecule has 6 heteroatoms. The molecule has 1 aromatic carbocycles. The van der Waals surface area contributed by atoms with Crippen molar-refractivity contribution in [3.63, 3.8) is 0 Å². The van der Waals surface area contributed by atoms with Crippen molar-refractivity contribution in [1.29, 1.82) is 0 Å². The van der Waals surface area contributed by atoms with Crippen LogP contribution in [0.25, 0.3) is 0 Å². The summed E-state index contributed by atoms with van der Waals surface area (Å²) >= 11 is 0. The van der Waals surface area contributed by atoms with Crippen molar-refractivity contribution in [3.8, 4) is 0 Å². The summed E-state index contributed by atoms with van der Waals surface area (Å²) in [5.41, 5.74) is 5.37. The highest BCUT2D eigenvalue weighted by Gasteiger charge is 2.23. The van der Waals surface area contributed by atoms with Crippen LogP contribution in [-0.2, 0) is 6.42 Å². The number of benzene rings is 1. The van der Waals surface area contributed by atoms with Gasteiger partial charge in [0, 0.05) is 18.3 Å². The molecule has 0 bridgehead atoms. The first-order valence-corrected chi connectivity index (χ1v) is 6.80. The summed E-state index contributed by atoms with van der Waals surface area (Å²) in [5.74, 6) is 3.65. The highest BCUT2D eigenvalue weighted by molar-refractivity contribution is 5.67. The van der Waals surface area contributed by atoms with Crippen LogP contribution in [0, 0.1) is 18.6 Å². The van der Waals surface area contributed by atoms with Crippen LogP contribution in [-0.4, -0.2) is 11.5 Å². The molecule has 0 amide bonds. The Bertz CT molecular complexity index is 688. The molecule has 1 aliphatic heterocycles. The van der Waals surface area contributed by atoms with Crippen LogP contribution in [0.5, 0.6) is 0 Å². The zero-order valence-electron chi connectivity index (χ0n) is 11.7. The number of hydrogen-bond donors (Lipinski definition) is 2. The number of hydrogen-bond acceptors (Lipinski definition) is 4. The van der Waals surface area contributed by atoms with Gasteiger partial charge in [-0.2, -0.15) is 0 Å². The third-order valence-corrected chi connectivity index (χ3v) is 3.66. The van der Waals surface area contributed by atoms with Crippen LogP contribution in [0.15, 0.2) is 24.3 Å². The number of halogens is 2. The van der Waals surface area contributed by atoms with E-state index >= 15 is 0 Å². The zero-order valence-corrected chi connectivity index (χ0v) is 11.7. The van der Waals surface area contributed by atoms with Crippen LogP contribution in [0.1, 0.15) is 17.5 Å². The van der Waals surface area contributed by atoms with E-state index in [1.54, 1.807) is 4.90 Å². The molecule has 0 atom stereocenters. The van der Waals surface area contributed by atoms with Crippen molar-refractivity contribution in [3.05, 3.63) is 47.0 Å². The van der Waals surface area contributed by atoms with Gasteiger partial charge in [-0.3, -0.25) is 0 Å². The summed E-state index contributed by atoms with van der Waals surface area (Å²) in [6.45, 7) is 2.65. The lowest BCUT2D eigenvalue weighted by atomic mass is 9.99. The van der Waals surface area contributed by atoms with Crippen LogP contribution in [0.4, 0.5) is 26.1 Å². The monoisotopic (exact) mass is 290 g/mol. The standard InChI is InChI=1S/C15H16F2N4/c1-9-4-5-13-10(7-9)3-2-6-21(13)15-12(17)8-11(16)14(19-15)20-18/h4-5,7-8H,2-3,6,18H2,1H3,(H,19,20). The predicted molar refractivity (Wildman–Crippen MR) is 78.5 cm³/mol. The number of hydrazine groups is 1. The third kappa shape index (κ3) is 2.42. The maximum atomic E-state index is 14.1. The van der Waals surface area contributed by atoms with Gasteiger partial charge < -0.3 is 10.3 Å². The quantitative estimate of drug-likeness (QED) is 0.659. The van der Waals surface area contributed by atoms with E-state index in [9.17, 15) is 8.78 Å². The van der Waals surface area contributed by atoms with Gasteiger partial charge in [-0.05, 0) is 31.4 Å². The number of nitrogens with zero attached hydrogens (tertiary/aromatic N) is 2. The number of anilines is 3. The van der Waals surface area contributed by atoms with Gasteiger partial charge in [0.15, 0.2) is 23.3 Å². The topological polar surface area (TPSA) is 54.2 Å². The Morgan fingerprint density at radius 2 is 2.05 bits per heavy atom. The molecule has 1 aliphatic rings. The number of rotatable bonds is 2. The summed E-state index contributed by atoms with van der Waals surface area (Å²) in [6.07, 6.45) is 1.83. The number of fused-ring (bicyclic) bond motifs is 1. The van der Waals surface area contributed by atoms with Gasteiger partial charge in [0.25, 0.3) is 0 Å². The average Bonchev–Trinajstić information content (AvgIpc) is 2.46. The largest absolute Gasteiger partial charge is 0.324 e. The molecule has 0 spiro atoms. The van der Waals surface area contributed by atoms with Crippen molar-refractivity contribution in [2.45, 2.75) is 19.8 Å². The number of aryl methyl sites for hydroxylation is 2. The predicted octanol–water partition coefficient (Wildman–Crippen LogP) is 3.04. The Morgan fingerprint density at radius 1 is 1.24 bits per heavy atom. The van der Waals surface area contributed by atoms with Crippen LogP contribution in [0.3, 0.4) is 0 Å². The van der Waals surface area contributed by atoms with Crippen LogP contribution in [0.2, 0.25) is 0 Å². The van der Waals surface area contributed by atoms with Crippen molar-refractivity contribution < 1.29 is 8.78 Å². The molecule has 0 radical (unpaired) electrons. The maximum absolute atomic E-state index is 14.1. The van der Waals surface area contributed by atoms with E-state index in [-0.39, 0.29) is 11.6 Å². The fourth-order valence-corrected chi connectivity index (χ4v) is 2.69. The molecule has 0 fully saturated rings. The number of nitrogen functional groups attached to an aromatic ring is 1. The number of pyridine rings is 1. The fraction of sp³-hybridized carbons (Fsp3) is 0.267. The van der Waals surface area contributed by atoms with Crippen molar-refractivity contribution in [2.75, 3.05) is 16.9 Å². The summed E-state index contributed by atoms with van der Waals surface area (Å²) < 4.78 is 27.6. The van der Waals surface area contributed by atoms with Gasteiger partial charge in [0.1, 0.15) is 0 Å². The molecular weight excluding hydrogens is 274 g/mol. The highest BCUT2D eigenvalue weighted by Crippen LogP contribution is 2.35. The summed E-state index contributed by atoms with van der Waals surface area (Å²) in [5, 5.41) is 0. The molecular formula is C15H16F2N4. The molecule has 1 aromatic heterocycles. The van der Waals surface area contributed by atoms with Gasteiger partial charge >= 0.3 is 0 Å². The fourth-order valence-electron chi connectivity index (χ4n) is 2.69. The third-order valence-electron chi connectivity index (χ3n) is 3.66. The summed E-state index contributed by atoms with van der Waals surface area (Å²) in [4.78, 5) is 5.75. The highest BCUT2D eigenvalue weighted by atomic mass is 19.1. The Labute approximate surface area is 121 Å². The molecule has 2 heterocycles. The molecule has 0 saturated carbocycles. The normalized spacial score (nSPS) is 14.0. The van der Waals surface area contributed by atoms with Gasteiger partial charge in [-0.1, -0.05) is 17.7 Å². The van der Waals surface area contributed by atoms with E-state index < -0.39 is 11.6 Å². The van der Waals surface area contributed by atoms with Crippen molar-refractivity contribution >= 4 is 17.3 Å². The molecule has 0 unspecified atom stereocenters. The van der Waals surface area contributed by atoms with Crippen molar-refractivity contribution in [2.24, 2.45) is 5.84 Å². The molecule has 2 aromatic rings. The number of nitrogens with one attached hydrogen (secondary N) is 1. The van der Waals surface area contributed by atoms with Crippen LogP contribution >= 0.6 is 0 Å². The number of nitrogens with two attached hydrogens (primary N) is 1. The Morgan fingerprint density at radius 3 is 2.81 bits per heavy atom. The van der Waals surface area contributed by atoms with E-state index in [2.05, 4.69) is 16.5 Å². The zero-order chi connectivity index (χ0) is 15.0. The van der Waals surface area contributed by atoms with E-state index in [1.807, 2.05) is 19.1 Å². The minimum absolute atomic E-state index is 0.0918. The Balaban J connectivity index is 2.10. The molecule has 3 N–H and O–H groups in total. The van der Waals surface area contributed by atoms with Gasteiger partial charge in [0.2, 0.25) is 0 Å². The maximum Gasteiger partial charge on any atom is 0.178 e. The first kappa shape index (κ1) is 13.8. The smallest absolute Gasteiger partial charge is 0.178 e. The van der Waals surface area contributed by atoms with E-state index in [0.29, 0.717) is 6.54 Å². The Kier molecular flexibility index (Phi) is 3.47. The minimum Gasteiger partial charge on any atom is -0.324 e. The summed E-state index contributed by atoms with van der Waals surface area (Å²) in [6, 6.07) is 6.82. The van der Waals surface area contributed by atoms with Crippen LogP contribution < -0.4 is 16.2 Å². The summed E-state index contributed by atoms with van der Waals surface area (Å²) in [7, 11) is 0. The second kappa shape index (κ2) is 5.29. The average molecular weight is 290 g/mol. The molecule has 21 heavy (non-hydrogen) atoms. The number of aromatic nitrogens is 1.